The SMILES string of the molecule is FC(F)(F)c1cc2c(NCC3=CCNCC3)nccn2n1. The zero-order chi connectivity index (χ0) is 14.9. The first-order valence-electron chi connectivity index (χ1n) is 6.58. The molecule has 0 bridgehead atoms. The third-order valence-corrected chi connectivity index (χ3v) is 3.32. The summed E-state index contributed by atoms with van der Waals surface area (Å²) in [6.45, 7) is 2.30. The third-order valence-electron chi connectivity index (χ3n) is 3.32. The van der Waals surface area contributed by atoms with Gasteiger partial charge in [-0.1, -0.05) is 11.6 Å². The van der Waals surface area contributed by atoms with Crippen molar-refractivity contribution in [3.05, 3.63) is 35.8 Å². The fourth-order valence-corrected chi connectivity index (χ4v) is 2.22. The molecule has 2 aromatic rings. The van der Waals surface area contributed by atoms with E-state index >= 15 is 0 Å². The average Bonchev–Trinajstić information content (AvgIpc) is 2.91. The van der Waals surface area contributed by atoms with Crippen LogP contribution in [0.15, 0.2) is 30.1 Å². The molecule has 2 aromatic heterocycles. The van der Waals surface area contributed by atoms with Crippen molar-refractivity contribution >= 4 is 11.3 Å². The predicted molar refractivity (Wildman–Crippen MR) is 72.0 cm³/mol. The fraction of sp³-hybridized carbons (Fsp3) is 0.385. The van der Waals surface area contributed by atoms with Gasteiger partial charge in [0.05, 0.1) is 0 Å². The van der Waals surface area contributed by atoms with E-state index in [1.54, 1.807) is 0 Å². The molecule has 1 aliphatic rings. The van der Waals surface area contributed by atoms with Gasteiger partial charge in [0.2, 0.25) is 0 Å². The van der Waals surface area contributed by atoms with Crippen LogP contribution in [0.4, 0.5) is 19.0 Å². The van der Waals surface area contributed by atoms with Crippen molar-refractivity contribution in [1.29, 1.82) is 0 Å². The number of hydrogen-bond donors (Lipinski definition) is 2. The van der Waals surface area contributed by atoms with Crippen molar-refractivity contribution in [1.82, 2.24) is 19.9 Å². The normalized spacial score (nSPS) is 16.0. The number of fused-ring (bicyclic) bond motifs is 1. The minimum Gasteiger partial charge on any atom is -0.365 e. The van der Waals surface area contributed by atoms with Crippen LogP contribution in [0, 0.1) is 0 Å². The van der Waals surface area contributed by atoms with E-state index in [0.29, 0.717) is 17.9 Å². The molecule has 0 spiro atoms. The molecule has 21 heavy (non-hydrogen) atoms. The topological polar surface area (TPSA) is 54.2 Å². The summed E-state index contributed by atoms with van der Waals surface area (Å²) >= 11 is 0. The Morgan fingerprint density at radius 1 is 1.38 bits per heavy atom. The van der Waals surface area contributed by atoms with Gasteiger partial charge in [0, 0.05) is 31.5 Å². The van der Waals surface area contributed by atoms with E-state index in [-0.39, 0.29) is 0 Å². The van der Waals surface area contributed by atoms with Crippen molar-refractivity contribution in [3.63, 3.8) is 0 Å². The summed E-state index contributed by atoms with van der Waals surface area (Å²) in [6.07, 6.45) is 1.37. The molecule has 0 saturated heterocycles. The molecular weight excluding hydrogens is 283 g/mol. The molecule has 0 radical (unpaired) electrons. The molecular formula is C13H14F3N5. The van der Waals surface area contributed by atoms with Crippen molar-refractivity contribution in [2.45, 2.75) is 12.6 Å². The van der Waals surface area contributed by atoms with Crippen LogP contribution in [-0.4, -0.2) is 34.2 Å². The van der Waals surface area contributed by atoms with Crippen LogP contribution in [0.2, 0.25) is 0 Å². The largest absolute Gasteiger partial charge is 0.435 e. The summed E-state index contributed by atoms with van der Waals surface area (Å²) in [5, 5.41) is 9.82. The predicted octanol–water partition coefficient (Wildman–Crippen LogP) is 2.08. The fourth-order valence-electron chi connectivity index (χ4n) is 2.22. The first-order chi connectivity index (χ1) is 10.0. The maximum absolute atomic E-state index is 12.7. The number of nitrogens with one attached hydrogen (secondary N) is 2. The monoisotopic (exact) mass is 297 g/mol. The summed E-state index contributed by atoms with van der Waals surface area (Å²) in [7, 11) is 0. The van der Waals surface area contributed by atoms with Crippen LogP contribution in [0.1, 0.15) is 12.1 Å². The van der Waals surface area contributed by atoms with Gasteiger partial charge in [0.25, 0.3) is 0 Å². The highest BCUT2D eigenvalue weighted by atomic mass is 19.4. The van der Waals surface area contributed by atoms with Crippen molar-refractivity contribution < 1.29 is 13.2 Å². The number of anilines is 1. The smallest absolute Gasteiger partial charge is 0.365 e. The maximum atomic E-state index is 12.7. The van der Waals surface area contributed by atoms with Gasteiger partial charge in [0.15, 0.2) is 11.5 Å². The van der Waals surface area contributed by atoms with E-state index in [1.165, 1.54) is 22.5 Å². The highest BCUT2D eigenvalue weighted by Gasteiger charge is 2.34. The van der Waals surface area contributed by atoms with E-state index in [1.807, 2.05) is 0 Å². The molecule has 0 amide bonds. The standard InChI is InChI=1S/C13H14F3N5/c14-13(15,16)11-7-10-12(18-5-6-21(10)20-11)19-8-9-1-3-17-4-2-9/h1,5-7,17H,2-4,8H2,(H,18,19). The quantitative estimate of drug-likeness (QED) is 0.852. The number of alkyl halides is 3. The van der Waals surface area contributed by atoms with E-state index in [9.17, 15) is 13.2 Å². The Morgan fingerprint density at radius 2 is 2.24 bits per heavy atom. The van der Waals surface area contributed by atoms with Crippen LogP contribution in [-0.2, 0) is 6.18 Å². The first kappa shape index (κ1) is 13.9. The Kier molecular flexibility index (Phi) is 3.54. The van der Waals surface area contributed by atoms with Gasteiger partial charge in [-0.05, 0) is 13.0 Å². The first-order valence-corrected chi connectivity index (χ1v) is 6.58. The Morgan fingerprint density at radius 3 is 2.95 bits per heavy atom. The summed E-state index contributed by atoms with van der Waals surface area (Å²) in [6, 6.07) is 1.01. The molecule has 2 N–H and O–H groups in total. The highest BCUT2D eigenvalue weighted by molar-refractivity contribution is 5.68. The number of halogens is 3. The molecule has 5 nitrogen and oxygen atoms in total. The number of aromatic nitrogens is 3. The van der Waals surface area contributed by atoms with Gasteiger partial charge in [-0.15, -0.1) is 0 Å². The lowest BCUT2D eigenvalue weighted by molar-refractivity contribution is -0.141. The molecule has 0 aromatic carbocycles. The van der Waals surface area contributed by atoms with Crippen molar-refractivity contribution in [2.24, 2.45) is 0 Å². The van der Waals surface area contributed by atoms with Crippen LogP contribution in [0.25, 0.3) is 5.52 Å². The molecule has 0 unspecified atom stereocenters. The Hall–Kier alpha value is -2.09. The zero-order valence-corrected chi connectivity index (χ0v) is 11.1. The van der Waals surface area contributed by atoms with Crippen LogP contribution >= 0.6 is 0 Å². The van der Waals surface area contributed by atoms with Crippen LogP contribution < -0.4 is 10.6 Å². The van der Waals surface area contributed by atoms with E-state index < -0.39 is 11.9 Å². The summed E-state index contributed by atoms with van der Waals surface area (Å²) < 4.78 is 39.3. The molecule has 0 fully saturated rings. The third kappa shape index (κ3) is 2.99. The van der Waals surface area contributed by atoms with Gasteiger partial charge < -0.3 is 10.6 Å². The number of rotatable bonds is 3. The van der Waals surface area contributed by atoms with Gasteiger partial charge in [0.1, 0.15) is 5.52 Å². The molecule has 112 valence electrons. The highest BCUT2D eigenvalue weighted by Crippen LogP contribution is 2.30. The Balaban J connectivity index is 1.84. The molecule has 0 aliphatic carbocycles. The van der Waals surface area contributed by atoms with Gasteiger partial charge in [-0.25, -0.2) is 9.50 Å². The number of nitrogens with zero attached hydrogens (tertiary/aromatic N) is 3. The molecule has 8 heteroatoms. The second-order valence-electron chi connectivity index (χ2n) is 4.80. The molecule has 3 rings (SSSR count). The number of hydrogen-bond acceptors (Lipinski definition) is 4. The average molecular weight is 297 g/mol. The summed E-state index contributed by atoms with van der Waals surface area (Å²) in [4.78, 5) is 4.10. The Bertz CT molecular complexity index is 674. The minimum atomic E-state index is -4.46. The lowest BCUT2D eigenvalue weighted by Gasteiger charge is -2.15. The summed E-state index contributed by atoms with van der Waals surface area (Å²) in [5.41, 5.74) is 0.618. The van der Waals surface area contributed by atoms with E-state index in [2.05, 4.69) is 26.8 Å². The van der Waals surface area contributed by atoms with Gasteiger partial charge in [-0.2, -0.15) is 18.3 Å². The van der Waals surface area contributed by atoms with Gasteiger partial charge in [-0.3, -0.25) is 0 Å². The van der Waals surface area contributed by atoms with Crippen LogP contribution in [0.3, 0.4) is 0 Å². The lowest BCUT2D eigenvalue weighted by atomic mass is 10.1. The molecule has 1 aliphatic heterocycles. The second kappa shape index (κ2) is 5.36. The molecule has 0 atom stereocenters. The van der Waals surface area contributed by atoms with Crippen molar-refractivity contribution in [2.75, 3.05) is 25.0 Å². The van der Waals surface area contributed by atoms with Gasteiger partial charge >= 0.3 is 6.18 Å². The zero-order valence-electron chi connectivity index (χ0n) is 11.1. The lowest BCUT2D eigenvalue weighted by Crippen LogP contribution is -2.23. The van der Waals surface area contributed by atoms with Crippen molar-refractivity contribution in [3.8, 4) is 0 Å². The second-order valence-corrected chi connectivity index (χ2v) is 4.80. The molecule has 0 saturated carbocycles. The van der Waals surface area contributed by atoms with Crippen LogP contribution in [0.5, 0.6) is 0 Å². The maximum Gasteiger partial charge on any atom is 0.435 e. The van der Waals surface area contributed by atoms with E-state index in [4.69, 9.17) is 0 Å². The molecule has 3 heterocycles. The van der Waals surface area contributed by atoms with E-state index in [0.717, 1.165) is 25.6 Å². The summed E-state index contributed by atoms with van der Waals surface area (Å²) in [5.74, 6) is 0.403. The minimum absolute atomic E-state index is 0.319. The Labute approximate surface area is 118 Å².